The molecule has 1 aliphatic rings. The fourth-order valence-electron chi connectivity index (χ4n) is 2.95. The van der Waals surface area contributed by atoms with Gasteiger partial charge < -0.3 is 0 Å². The van der Waals surface area contributed by atoms with Crippen LogP contribution in [0.15, 0.2) is 0 Å². The number of hydrogen-bond acceptors (Lipinski definition) is 4. The predicted molar refractivity (Wildman–Crippen MR) is 83.6 cm³/mol. The number of hydrogen-bond donors (Lipinski definition) is 0. The molecule has 1 saturated carbocycles. The second kappa shape index (κ2) is 11.0. The molecule has 0 bridgehead atoms. The van der Waals surface area contributed by atoms with Gasteiger partial charge in [0.1, 0.15) is 23.4 Å². The van der Waals surface area contributed by atoms with Crippen molar-refractivity contribution in [2.45, 2.75) is 77.0 Å². The zero-order valence-corrected chi connectivity index (χ0v) is 13.4. The van der Waals surface area contributed by atoms with Crippen LogP contribution in [0.25, 0.3) is 0 Å². The van der Waals surface area contributed by atoms with Crippen LogP contribution >= 0.6 is 0 Å². The van der Waals surface area contributed by atoms with E-state index >= 15 is 0 Å². The van der Waals surface area contributed by atoms with E-state index < -0.39 is 11.8 Å². The van der Waals surface area contributed by atoms with E-state index in [-0.39, 0.29) is 11.6 Å². The number of Topliss-reactive ketones (excluding diaryl/α,β-unsaturated/α-hetero) is 2. The van der Waals surface area contributed by atoms with Gasteiger partial charge in [0.15, 0.2) is 0 Å². The van der Waals surface area contributed by atoms with Crippen LogP contribution in [0.4, 0.5) is 0 Å². The maximum Gasteiger partial charge on any atom is 0.149 e. The van der Waals surface area contributed by atoms with Crippen LogP contribution in [0.2, 0.25) is 0 Å². The summed E-state index contributed by atoms with van der Waals surface area (Å²) in [5.74, 6) is -0.783. The lowest BCUT2D eigenvalue weighted by Gasteiger charge is -2.11. The summed E-state index contributed by atoms with van der Waals surface area (Å²) < 4.78 is 0. The fourth-order valence-corrected chi connectivity index (χ4v) is 2.95. The Morgan fingerprint density at radius 2 is 1.00 bits per heavy atom. The van der Waals surface area contributed by atoms with Crippen molar-refractivity contribution in [3.05, 3.63) is 0 Å². The number of nitriles is 2. The van der Waals surface area contributed by atoms with E-state index in [9.17, 15) is 9.59 Å². The van der Waals surface area contributed by atoms with Gasteiger partial charge in [-0.2, -0.15) is 10.5 Å². The highest BCUT2D eigenvalue weighted by molar-refractivity contribution is 5.83. The number of ketones is 2. The van der Waals surface area contributed by atoms with E-state index in [1.807, 2.05) is 0 Å². The molecule has 0 aromatic carbocycles. The summed E-state index contributed by atoms with van der Waals surface area (Å²) in [6, 6.07) is 4.26. The van der Waals surface area contributed by atoms with Crippen LogP contribution in [0.1, 0.15) is 77.0 Å². The minimum absolute atomic E-state index is 0.0579. The molecule has 0 radical (unpaired) electrons. The van der Waals surface area contributed by atoms with E-state index in [4.69, 9.17) is 10.5 Å². The average Bonchev–Trinajstić information content (AvgIpc) is 2.52. The molecule has 0 spiro atoms. The van der Waals surface area contributed by atoms with Gasteiger partial charge in [0.2, 0.25) is 0 Å². The third kappa shape index (κ3) is 6.85. The van der Waals surface area contributed by atoms with E-state index in [2.05, 4.69) is 12.1 Å². The molecule has 4 heteroatoms. The minimum Gasteiger partial charge on any atom is -0.298 e. The van der Waals surface area contributed by atoms with Crippen molar-refractivity contribution in [2.75, 3.05) is 0 Å². The van der Waals surface area contributed by atoms with Crippen LogP contribution in [-0.4, -0.2) is 11.6 Å². The van der Waals surface area contributed by atoms with Crippen LogP contribution < -0.4 is 0 Å². The summed E-state index contributed by atoms with van der Waals surface area (Å²) in [6.45, 7) is 0. The first kappa shape index (κ1) is 18.4. The van der Waals surface area contributed by atoms with Gasteiger partial charge in [-0.25, -0.2) is 0 Å². The third-order valence-corrected chi connectivity index (χ3v) is 4.42. The van der Waals surface area contributed by atoms with Gasteiger partial charge in [0, 0.05) is 12.8 Å². The predicted octanol–water partition coefficient (Wildman–Crippen LogP) is 4.10. The first-order chi connectivity index (χ1) is 10.7. The van der Waals surface area contributed by atoms with Crippen molar-refractivity contribution in [3.8, 4) is 12.1 Å². The summed E-state index contributed by atoms with van der Waals surface area (Å²) in [5.41, 5.74) is 0. The van der Waals surface area contributed by atoms with Gasteiger partial charge in [0.25, 0.3) is 0 Å². The molecule has 0 saturated heterocycles. The summed E-state index contributed by atoms with van der Waals surface area (Å²) in [7, 11) is 0. The van der Waals surface area contributed by atoms with Crippen molar-refractivity contribution >= 4 is 11.6 Å². The second-order valence-corrected chi connectivity index (χ2v) is 6.20. The fraction of sp³-hybridized carbons (Fsp3) is 0.778. The summed E-state index contributed by atoms with van der Waals surface area (Å²) in [5, 5.41) is 18.2. The van der Waals surface area contributed by atoms with Crippen molar-refractivity contribution in [3.63, 3.8) is 0 Å². The number of carbonyl (C=O) groups excluding carboxylic acids is 2. The highest BCUT2D eigenvalue weighted by atomic mass is 16.1. The Balaban J connectivity index is 2.52. The van der Waals surface area contributed by atoms with Gasteiger partial charge in [-0.15, -0.1) is 0 Å². The third-order valence-electron chi connectivity index (χ3n) is 4.42. The van der Waals surface area contributed by atoms with E-state index in [1.165, 1.54) is 0 Å². The Hall–Kier alpha value is -1.68. The normalized spacial score (nSPS) is 26.8. The summed E-state index contributed by atoms with van der Waals surface area (Å²) >= 11 is 0. The van der Waals surface area contributed by atoms with Crippen LogP contribution in [0.3, 0.4) is 0 Å². The molecule has 2 atom stereocenters. The number of rotatable bonds is 0. The topological polar surface area (TPSA) is 81.7 Å². The highest BCUT2D eigenvalue weighted by Gasteiger charge is 2.19. The molecular weight excluding hydrogens is 276 g/mol. The smallest absolute Gasteiger partial charge is 0.149 e. The summed E-state index contributed by atoms with van der Waals surface area (Å²) in [6.07, 6.45) is 9.38. The standard InChI is InChI=1S/C18H26N2O2/c19-13-15-9-5-2-1-3-7-11-17(21)16(14-20)10-6-4-8-12-18(15)22/h15-16H,1-12H2. The lowest BCUT2D eigenvalue weighted by molar-refractivity contribution is -0.122. The van der Waals surface area contributed by atoms with E-state index in [0.29, 0.717) is 25.7 Å². The Labute approximate surface area is 133 Å². The molecule has 1 fully saturated rings. The highest BCUT2D eigenvalue weighted by Crippen LogP contribution is 2.19. The first-order valence-electron chi connectivity index (χ1n) is 8.53. The largest absolute Gasteiger partial charge is 0.298 e. The van der Waals surface area contributed by atoms with Crippen LogP contribution in [0, 0.1) is 34.5 Å². The van der Waals surface area contributed by atoms with Crippen LogP contribution in [-0.2, 0) is 9.59 Å². The molecule has 4 nitrogen and oxygen atoms in total. The second-order valence-electron chi connectivity index (χ2n) is 6.20. The van der Waals surface area contributed by atoms with Crippen molar-refractivity contribution < 1.29 is 9.59 Å². The molecule has 0 aromatic rings. The van der Waals surface area contributed by atoms with Crippen LogP contribution in [0.5, 0.6) is 0 Å². The quantitative estimate of drug-likeness (QED) is 0.674. The molecule has 120 valence electrons. The molecule has 0 heterocycles. The zero-order chi connectivity index (χ0) is 16.2. The van der Waals surface area contributed by atoms with Gasteiger partial charge in [-0.3, -0.25) is 9.59 Å². The Morgan fingerprint density at radius 1 is 0.636 bits per heavy atom. The minimum atomic E-state index is -0.476. The van der Waals surface area contributed by atoms with Crippen molar-refractivity contribution in [1.29, 1.82) is 10.5 Å². The van der Waals surface area contributed by atoms with Gasteiger partial charge in [0.05, 0.1) is 12.1 Å². The SMILES string of the molecule is N#CC1CCCCCCCC(=O)C(C#N)CCCCCC1=O. The molecule has 0 aromatic heterocycles. The first-order valence-corrected chi connectivity index (χ1v) is 8.53. The average molecular weight is 302 g/mol. The van der Waals surface area contributed by atoms with Gasteiger partial charge >= 0.3 is 0 Å². The van der Waals surface area contributed by atoms with Crippen molar-refractivity contribution in [2.24, 2.45) is 11.8 Å². The van der Waals surface area contributed by atoms with E-state index in [1.54, 1.807) is 0 Å². The number of carbonyl (C=O) groups is 2. The van der Waals surface area contributed by atoms with E-state index in [0.717, 1.165) is 51.4 Å². The monoisotopic (exact) mass is 302 g/mol. The molecule has 0 N–H and O–H groups in total. The number of nitrogens with zero attached hydrogens (tertiary/aromatic N) is 2. The molecular formula is C18H26N2O2. The van der Waals surface area contributed by atoms with Crippen molar-refractivity contribution in [1.82, 2.24) is 0 Å². The maximum atomic E-state index is 12.0. The molecule has 22 heavy (non-hydrogen) atoms. The zero-order valence-electron chi connectivity index (χ0n) is 13.4. The molecule has 0 aliphatic heterocycles. The molecule has 1 aliphatic carbocycles. The van der Waals surface area contributed by atoms with Gasteiger partial charge in [-0.05, 0) is 25.7 Å². The molecule has 2 unspecified atom stereocenters. The van der Waals surface area contributed by atoms with Gasteiger partial charge in [-0.1, -0.05) is 38.5 Å². The molecule has 0 amide bonds. The summed E-state index contributed by atoms with van der Waals surface area (Å²) in [4.78, 5) is 23.9. The Morgan fingerprint density at radius 3 is 1.45 bits per heavy atom. The lowest BCUT2D eigenvalue weighted by atomic mass is 9.91. The Kier molecular flexibility index (Phi) is 9.15. The maximum absolute atomic E-state index is 12.0. The molecule has 1 rings (SSSR count). The Bertz CT molecular complexity index is 445. The lowest BCUT2D eigenvalue weighted by Crippen LogP contribution is -2.14.